The number of benzene rings is 2. The molecule has 24 heavy (non-hydrogen) atoms. The lowest BCUT2D eigenvalue weighted by Crippen LogP contribution is -2.50. The Hall–Kier alpha value is -2.66. The number of hydrogen-bond acceptors (Lipinski definition) is 3. The van der Waals surface area contributed by atoms with Crippen molar-refractivity contribution in [1.82, 2.24) is 5.32 Å². The van der Waals surface area contributed by atoms with Crippen molar-refractivity contribution in [2.75, 3.05) is 24.6 Å². The van der Waals surface area contributed by atoms with Crippen molar-refractivity contribution < 1.29 is 14.3 Å². The highest BCUT2D eigenvalue weighted by Crippen LogP contribution is 2.17. The number of amides is 2. The molecule has 0 aliphatic carbocycles. The van der Waals surface area contributed by atoms with Gasteiger partial charge in [0, 0.05) is 17.8 Å². The number of morpholine rings is 1. The van der Waals surface area contributed by atoms with Gasteiger partial charge in [-0.3, -0.25) is 9.59 Å². The van der Waals surface area contributed by atoms with Gasteiger partial charge < -0.3 is 15.0 Å². The fourth-order valence-electron chi connectivity index (χ4n) is 2.62. The van der Waals surface area contributed by atoms with Crippen LogP contribution in [0.4, 0.5) is 5.69 Å². The zero-order valence-electron chi connectivity index (χ0n) is 13.6. The monoisotopic (exact) mass is 324 g/mol. The quantitative estimate of drug-likeness (QED) is 0.937. The number of aryl methyl sites for hydroxylation is 1. The summed E-state index contributed by atoms with van der Waals surface area (Å²) in [6.45, 7) is 2.80. The Kier molecular flexibility index (Phi) is 4.91. The van der Waals surface area contributed by atoms with E-state index in [0.717, 1.165) is 11.3 Å². The second-order valence-corrected chi connectivity index (χ2v) is 5.85. The molecule has 1 unspecified atom stereocenters. The van der Waals surface area contributed by atoms with Crippen molar-refractivity contribution >= 4 is 17.5 Å². The van der Waals surface area contributed by atoms with Crippen molar-refractivity contribution in [2.24, 2.45) is 0 Å². The largest absolute Gasteiger partial charge is 0.365 e. The fraction of sp³-hybridized carbons (Fsp3) is 0.263. The summed E-state index contributed by atoms with van der Waals surface area (Å²) in [7, 11) is 0. The zero-order chi connectivity index (χ0) is 16.9. The first-order valence-corrected chi connectivity index (χ1v) is 7.95. The topological polar surface area (TPSA) is 58.6 Å². The summed E-state index contributed by atoms with van der Waals surface area (Å²) in [5.41, 5.74) is 2.58. The van der Waals surface area contributed by atoms with Gasteiger partial charge in [-0.1, -0.05) is 35.9 Å². The highest BCUT2D eigenvalue weighted by atomic mass is 16.5. The average molecular weight is 324 g/mol. The van der Waals surface area contributed by atoms with E-state index in [2.05, 4.69) is 5.32 Å². The number of hydrogen-bond donors (Lipinski definition) is 1. The second-order valence-electron chi connectivity index (χ2n) is 5.85. The molecule has 5 heteroatoms. The van der Waals surface area contributed by atoms with Gasteiger partial charge >= 0.3 is 0 Å². The predicted molar refractivity (Wildman–Crippen MR) is 92.0 cm³/mol. The number of nitrogens with zero attached hydrogens (tertiary/aromatic N) is 1. The highest BCUT2D eigenvalue weighted by molar-refractivity contribution is 5.95. The van der Waals surface area contributed by atoms with Gasteiger partial charge in [0.25, 0.3) is 11.8 Å². The van der Waals surface area contributed by atoms with Gasteiger partial charge in [-0.15, -0.1) is 0 Å². The minimum absolute atomic E-state index is 0.0277. The van der Waals surface area contributed by atoms with E-state index in [1.54, 1.807) is 17.0 Å². The third kappa shape index (κ3) is 3.81. The maximum absolute atomic E-state index is 12.2. The Morgan fingerprint density at radius 2 is 1.88 bits per heavy atom. The molecule has 1 aliphatic heterocycles. The van der Waals surface area contributed by atoms with Gasteiger partial charge in [-0.25, -0.2) is 0 Å². The van der Waals surface area contributed by atoms with Crippen LogP contribution in [0.3, 0.4) is 0 Å². The molecule has 0 aromatic heterocycles. The lowest BCUT2D eigenvalue weighted by molar-refractivity contribution is -0.129. The summed E-state index contributed by atoms with van der Waals surface area (Å²) in [5, 5.41) is 2.87. The molecule has 1 atom stereocenters. The zero-order valence-corrected chi connectivity index (χ0v) is 13.6. The van der Waals surface area contributed by atoms with Crippen LogP contribution in [0.15, 0.2) is 54.6 Å². The third-order valence-corrected chi connectivity index (χ3v) is 4.00. The van der Waals surface area contributed by atoms with Crippen LogP contribution >= 0.6 is 0 Å². The molecule has 1 saturated heterocycles. The summed E-state index contributed by atoms with van der Waals surface area (Å²) in [5.74, 6) is -0.205. The predicted octanol–water partition coefficient (Wildman–Crippen LogP) is 2.16. The third-order valence-electron chi connectivity index (χ3n) is 4.00. The van der Waals surface area contributed by atoms with E-state index in [0.29, 0.717) is 18.7 Å². The smallest absolute Gasteiger partial charge is 0.253 e. The Balaban J connectivity index is 1.58. The Morgan fingerprint density at radius 3 is 2.58 bits per heavy atom. The van der Waals surface area contributed by atoms with Crippen LogP contribution in [0.1, 0.15) is 15.9 Å². The summed E-state index contributed by atoms with van der Waals surface area (Å²) in [6.07, 6.45) is -0.225. The van der Waals surface area contributed by atoms with Crippen LogP contribution in [0.25, 0.3) is 0 Å². The van der Waals surface area contributed by atoms with Gasteiger partial charge in [-0.05, 0) is 31.2 Å². The van der Waals surface area contributed by atoms with Crippen molar-refractivity contribution in [3.05, 3.63) is 65.7 Å². The highest BCUT2D eigenvalue weighted by Gasteiger charge is 2.27. The van der Waals surface area contributed by atoms with Crippen molar-refractivity contribution in [2.45, 2.75) is 13.0 Å². The van der Waals surface area contributed by atoms with Gasteiger partial charge in [0.1, 0.15) is 6.61 Å². The number of carbonyl (C=O) groups is 2. The van der Waals surface area contributed by atoms with Crippen LogP contribution < -0.4 is 10.2 Å². The molecule has 2 amide bonds. The van der Waals surface area contributed by atoms with Crippen LogP contribution in [0.2, 0.25) is 0 Å². The molecule has 124 valence electrons. The first-order chi connectivity index (χ1) is 11.6. The first-order valence-electron chi connectivity index (χ1n) is 7.95. The molecule has 1 N–H and O–H groups in total. The number of carbonyl (C=O) groups excluding carboxylic acids is 2. The van der Waals surface area contributed by atoms with E-state index < -0.39 is 0 Å². The molecule has 1 fully saturated rings. The van der Waals surface area contributed by atoms with Gasteiger partial charge in [0.05, 0.1) is 12.6 Å². The molecule has 0 saturated carbocycles. The second kappa shape index (κ2) is 7.27. The number of rotatable bonds is 4. The first kappa shape index (κ1) is 16.2. The maximum Gasteiger partial charge on any atom is 0.253 e. The lowest BCUT2D eigenvalue weighted by atomic mass is 10.1. The molecule has 1 heterocycles. The number of nitrogens with one attached hydrogen (secondary N) is 1. The van der Waals surface area contributed by atoms with Crippen LogP contribution in [0, 0.1) is 6.92 Å². The lowest BCUT2D eigenvalue weighted by Gasteiger charge is -2.32. The van der Waals surface area contributed by atoms with Crippen LogP contribution in [-0.2, 0) is 9.53 Å². The van der Waals surface area contributed by atoms with Gasteiger partial charge in [0.15, 0.2) is 0 Å². The number of ether oxygens (including phenoxy) is 1. The summed E-state index contributed by atoms with van der Waals surface area (Å²) in [6, 6.07) is 16.9. The molecule has 3 rings (SSSR count). The van der Waals surface area contributed by atoms with Gasteiger partial charge in [0.2, 0.25) is 0 Å². The van der Waals surface area contributed by atoms with E-state index in [4.69, 9.17) is 4.74 Å². The van der Waals surface area contributed by atoms with E-state index in [1.165, 1.54) is 0 Å². The standard InChI is InChI=1S/C19H20N2O3/c1-14-7-9-15(10-8-14)19(23)20-11-17-12-21(18(22)13-24-17)16-5-3-2-4-6-16/h2-10,17H,11-13H2,1H3,(H,20,23). The minimum Gasteiger partial charge on any atom is -0.365 e. The molecule has 2 aromatic carbocycles. The summed E-state index contributed by atoms with van der Waals surface area (Å²) < 4.78 is 5.54. The molecular weight excluding hydrogens is 304 g/mol. The van der Waals surface area contributed by atoms with Crippen LogP contribution in [0.5, 0.6) is 0 Å². The van der Waals surface area contributed by atoms with Gasteiger partial charge in [-0.2, -0.15) is 0 Å². The van der Waals surface area contributed by atoms with E-state index in [1.807, 2.05) is 49.4 Å². The molecule has 1 aliphatic rings. The molecule has 0 spiro atoms. The Labute approximate surface area is 141 Å². The van der Waals surface area contributed by atoms with Crippen LogP contribution in [-0.4, -0.2) is 37.6 Å². The molecule has 0 radical (unpaired) electrons. The Bertz CT molecular complexity index is 713. The fourth-order valence-corrected chi connectivity index (χ4v) is 2.62. The number of para-hydroxylation sites is 1. The Morgan fingerprint density at radius 1 is 1.17 bits per heavy atom. The van der Waals surface area contributed by atoms with E-state index in [-0.39, 0.29) is 24.5 Å². The maximum atomic E-state index is 12.2. The SMILES string of the molecule is Cc1ccc(C(=O)NCC2CN(c3ccccc3)C(=O)CO2)cc1. The van der Waals surface area contributed by atoms with Crippen molar-refractivity contribution in [3.8, 4) is 0 Å². The summed E-state index contributed by atoms with van der Waals surface area (Å²) in [4.78, 5) is 25.9. The summed E-state index contributed by atoms with van der Waals surface area (Å²) >= 11 is 0. The van der Waals surface area contributed by atoms with Crippen molar-refractivity contribution in [1.29, 1.82) is 0 Å². The molecule has 2 aromatic rings. The van der Waals surface area contributed by atoms with Crippen molar-refractivity contribution in [3.63, 3.8) is 0 Å². The number of anilines is 1. The normalized spacial score (nSPS) is 17.6. The van der Waals surface area contributed by atoms with E-state index in [9.17, 15) is 9.59 Å². The molecule has 0 bridgehead atoms. The van der Waals surface area contributed by atoms with E-state index >= 15 is 0 Å². The molecule has 5 nitrogen and oxygen atoms in total. The average Bonchev–Trinajstić information content (AvgIpc) is 2.62. The minimum atomic E-state index is -0.225. The molecular formula is C19H20N2O3.